The Morgan fingerprint density at radius 1 is 1.06 bits per heavy atom. The molecule has 9 heteroatoms. The number of nitrogens with zero attached hydrogens (tertiary/aromatic N) is 1. The molecule has 0 aromatic heterocycles. The molecule has 0 spiro atoms. The molecule has 0 aliphatic carbocycles. The molecule has 0 bridgehead atoms. The van der Waals surface area contributed by atoms with Gasteiger partial charge < -0.3 is 15.8 Å². The van der Waals surface area contributed by atoms with Crippen molar-refractivity contribution in [1.29, 1.82) is 0 Å². The lowest BCUT2D eigenvalue weighted by atomic mass is 10.2. The highest BCUT2D eigenvalue weighted by Crippen LogP contribution is 2.34. The first-order chi connectivity index (χ1) is 16.8. The second-order valence-electron chi connectivity index (χ2n) is 7.94. The molecule has 1 saturated heterocycles. The van der Waals surface area contributed by atoms with E-state index in [0.29, 0.717) is 17.1 Å². The number of nitrogens with two attached hydrogens (primary N) is 1. The molecule has 3 aromatic rings. The monoisotopic (exact) mass is 489 g/mol. The van der Waals surface area contributed by atoms with Crippen LogP contribution in [0.1, 0.15) is 22.3 Å². The van der Waals surface area contributed by atoms with Gasteiger partial charge in [-0.1, -0.05) is 24.3 Å². The van der Waals surface area contributed by atoms with E-state index in [2.05, 4.69) is 5.32 Å². The van der Waals surface area contributed by atoms with Gasteiger partial charge in [0.25, 0.3) is 5.91 Å². The molecule has 1 atom stereocenters. The van der Waals surface area contributed by atoms with Gasteiger partial charge in [-0.05, 0) is 61.0 Å². The van der Waals surface area contributed by atoms with Crippen molar-refractivity contribution in [3.8, 4) is 0 Å². The zero-order valence-electron chi connectivity index (χ0n) is 18.9. The third-order valence-electron chi connectivity index (χ3n) is 5.36. The second kappa shape index (κ2) is 10.4. The number of rotatable bonds is 7. The number of thioether (sulfide) groups is 1. The molecule has 0 saturated carbocycles. The first-order valence-corrected chi connectivity index (χ1v) is 11.7. The van der Waals surface area contributed by atoms with Crippen molar-refractivity contribution in [3.63, 3.8) is 0 Å². The average Bonchev–Trinajstić information content (AvgIpc) is 3.11. The fourth-order valence-electron chi connectivity index (χ4n) is 3.58. The molecule has 35 heavy (non-hydrogen) atoms. The summed E-state index contributed by atoms with van der Waals surface area (Å²) >= 11 is 1.29. The van der Waals surface area contributed by atoms with Crippen LogP contribution in [0.15, 0.2) is 77.7 Å². The lowest BCUT2D eigenvalue weighted by Crippen LogP contribution is -2.31. The molecule has 1 unspecified atom stereocenters. The SMILES string of the molecule is Cc1ccccc1NC(=O)COC(=O)c1ccc(N2C(=O)CC(Sc3cccc(N)c3)C2=O)cc1. The number of para-hydroxylation sites is 1. The Morgan fingerprint density at radius 3 is 2.51 bits per heavy atom. The summed E-state index contributed by atoms with van der Waals surface area (Å²) in [5.41, 5.74) is 8.47. The molecule has 3 amide bonds. The van der Waals surface area contributed by atoms with Crippen LogP contribution in [-0.4, -0.2) is 35.5 Å². The molecule has 4 rings (SSSR count). The van der Waals surface area contributed by atoms with Crippen molar-refractivity contribution in [2.45, 2.75) is 23.5 Å². The molecule has 3 N–H and O–H groups in total. The molecule has 3 aromatic carbocycles. The van der Waals surface area contributed by atoms with E-state index < -0.39 is 23.7 Å². The highest BCUT2D eigenvalue weighted by molar-refractivity contribution is 8.00. The number of aryl methyl sites for hydroxylation is 1. The quantitative estimate of drug-likeness (QED) is 0.294. The molecule has 0 radical (unpaired) electrons. The van der Waals surface area contributed by atoms with Crippen LogP contribution in [0.4, 0.5) is 17.1 Å². The minimum atomic E-state index is -0.689. The molecule has 1 aliphatic heterocycles. The van der Waals surface area contributed by atoms with Gasteiger partial charge in [0.15, 0.2) is 6.61 Å². The number of benzene rings is 3. The smallest absolute Gasteiger partial charge is 0.338 e. The van der Waals surface area contributed by atoms with Crippen LogP contribution < -0.4 is 16.0 Å². The van der Waals surface area contributed by atoms with Crippen LogP contribution in [0.25, 0.3) is 0 Å². The van der Waals surface area contributed by atoms with E-state index in [-0.39, 0.29) is 23.8 Å². The summed E-state index contributed by atoms with van der Waals surface area (Å²) in [5.74, 6) is -1.79. The van der Waals surface area contributed by atoms with Crippen LogP contribution in [0, 0.1) is 6.92 Å². The second-order valence-corrected chi connectivity index (χ2v) is 9.21. The largest absolute Gasteiger partial charge is 0.452 e. The fourth-order valence-corrected chi connectivity index (χ4v) is 4.70. The minimum absolute atomic E-state index is 0.0676. The fraction of sp³-hybridized carbons (Fsp3) is 0.154. The first kappa shape index (κ1) is 24.0. The third kappa shape index (κ3) is 5.70. The van der Waals surface area contributed by atoms with Gasteiger partial charge in [0.1, 0.15) is 0 Å². The van der Waals surface area contributed by atoms with Gasteiger partial charge in [0.05, 0.1) is 16.5 Å². The number of amides is 3. The summed E-state index contributed by atoms with van der Waals surface area (Å²) in [6.45, 7) is 1.42. The predicted octanol–water partition coefficient (Wildman–Crippen LogP) is 3.80. The van der Waals surface area contributed by atoms with E-state index in [1.165, 1.54) is 36.0 Å². The first-order valence-electron chi connectivity index (χ1n) is 10.8. The third-order valence-corrected chi connectivity index (χ3v) is 6.54. The number of hydrogen-bond donors (Lipinski definition) is 2. The number of carbonyl (C=O) groups is 4. The maximum atomic E-state index is 12.9. The van der Waals surface area contributed by atoms with Gasteiger partial charge in [-0.15, -0.1) is 11.8 Å². The molecule has 178 valence electrons. The minimum Gasteiger partial charge on any atom is -0.452 e. The van der Waals surface area contributed by atoms with Crippen LogP contribution in [0.3, 0.4) is 0 Å². The lowest BCUT2D eigenvalue weighted by Gasteiger charge is -2.15. The van der Waals surface area contributed by atoms with Gasteiger partial charge in [-0.25, -0.2) is 9.69 Å². The number of hydrogen-bond acceptors (Lipinski definition) is 7. The molecular formula is C26H23N3O5S. The zero-order chi connectivity index (χ0) is 24.9. The molecule has 8 nitrogen and oxygen atoms in total. The van der Waals surface area contributed by atoms with Crippen LogP contribution in [-0.2, 0) is 19.1 Å². The van der Waals surface area contributed by atoms with Crippen molar-refractivity contribution in [2.75, 3.05) is 22.6 Å². The van der Waals surface area contributed by atoms with Gasteiger partial charge in [0, 0.05) is 22.7 Å². The van der Waals surface area contributed by atoms with E-state index in [1.807, 2.05) is 25.1 Å². The van der Waals surface area contributed by atoms with E-state index >= 15 is 0 Å². The Bertz CT molecular complexity index is 1290. The Morgan fingerprint density at radius 2 is 1.80 bits per heavy atom. The molecular weight excluding hydrogens is 466 g/mol. The van der Waals surface area contributed by atoms with E-state index in [0.717, 1.165) is 15.4 Å². The Labute approximate surface area is 206 Å². The Kier molecular flexibility index (Phi) is 7.17. The summed E-state index contributed by atoms with van der Waals surface area (Å²) in [6.07, 6.45) is 0.0676. The number of esters is 1. The summed E-state index contributed by atoms with van der Waals surface area (Å²) in [7, 11) is 0. The highest BCUT2D eigenvalue weighted by atomic mass is 32.2. The number of nitrogen functional groups attached to an aromatic ring is 1. The highest BCUT2D eigenvalue weighted by Gasteiger charge is 2.40. The van der Waals surface area contributed by atoms with Crippen LogP contribution in [0.2, 0.25) is 0 Å². The molecule has 1 heterocycles. The van der Waals surface area contributed by atoms with Crippen molar-refractivity contribution in [2.24, 2.45) is 0 Å². The lowest BCUT2D eigenvalue weighted by molar-refractivity contribution is -0.121. The standard InChI is InChI=1S/C26H23N3O5S/c1-16-5-2-3-8-21(16)28-23(30)15-34-26(33)17-9-11-19(12-10-17)29-24(31)14-22(25(29)32)35-20-7-4-6-18(27)13-20/h2-13,22H,14-15,27H2,1H3,(H,28,30). The predicted molar refractivity (Wildman–Crippen MR) is 134 cm³/mol. The summed E-state index contributed by atoms with van der Waals surface area (Å²) in [6, 6.07) is 20.3. The topological polar surface area (TPSA) is 119 Å². The number of nitrogens with one attached hydrogen (secondary N) is 1. The van der Waals surface area contributed by atoms with Crippen LogP contribution in [0.5, 0.6) is 0 Å². The Balaban J connectivity index is 1.35. The Hall–Kier alpha value is -4.11. The summed E-state index contributed by atoms with van der Waals surface area (Å²) in [4.78, 5) is 51.8. The summed E-state index contributed by atoms with van der Waals surface area (Å²) < 4.78 is 5.09. The molecule has 1 aliphatic rings. The number of ether oxygens (including phenoxy) is 1. The summed E-state index contributed by atoms with van der Waals surface area (Å²) in [5, 5.41) is 2.14. The van der Waals surface area contributed by atoms with Gasteiger partial charge in [-0.2, -0.15) is 0 Å². The van der Waals surface area contributed by atoms with E-state index in [9.17, 15) is 19.2 Å². The van der Waals surface area contributed by atoms with Crippen molar-refractivity contribution in [3.05, 3.63) is 83.9 Å². The number of anilines is 3. The maximum absolute atomic E-state index is 12.9. The number of carbonyl (C=O) groups excluding carboxylic acids is 4. The molecule has 1 fully saturated rings. The van der Waals surface area contributed by atoms with Crippen molar-refractivity contribution in [1.82, 2.24) is 0 Å². The average molecular weight is 490 g/mol. The maximum Gasteiger partial charge on any atom is 0.338 e. The number of imide groups is 1. The normalized spacial score (nSPS) is 15.2. The zero-order valence-corrected chi connectivity index (χ0v) is 19.7. The van der Waals surface area contributed by atoms with E-state index in [1.54, 1.807) is 30.3 Å². The van der Waals surface area contributed by atoms with Crippen molar-refractivity contribution >= 4 is 52.5 Å². The van der Waals surface area contributed by atoms with Gasteiger partial charge in [-0.3, -0.25) is 14.4 Å². The van der Waals surface area contributed by atoms with E-state index in [4.69, 9.17) is 10.5 Å². The van der Waals surface area contributed by atoms with Gasteiger partial charge >= 0.3 is 5.97 Å². The van der Waals surface area contributed by atoms with Gasteiger partial charge in [0.2, 0.25) is 11.8 Å². The van der Waals surface area contributed by atoms with Crippen molar-refractivity contribution < 1.29 is 23.9 Å². The van der Waals surface area contributed by atoms with Crippen LogP contribution >= 0.6 is 11.8 Å².